The lowest BCUT2D eigenvalue weighted by Gasteiger charge is -2.12. The van der Waals surface area contributed by atoms with Gasteiger partial charge >= 0.3 is 0 Å². The summed E-state index contributed by atoms with van der Waals surface area (Å²) in [5.74, 6) is 0.372. The molecule has 0 aliphatic heterocycles. The number of nitrogens with two attached hydrogens (primary N) is 1. The number of carbonyl (C=O) groups is 2. The molecule has 0 aliphatic rings. The van der Waals surface area contributed by atoms with Crippen molar-refractivity contribution in [3.8, 4) is 22.6 Å². The SMILES string of the molecule is CCOc1cc2occ(-c3ccc(OC)cc3)c2cc1/C(C)=C/C(=O)Nc1ccccc1C(N)=O. The molecule has 3 aromatic carbocycles. The summed E-state index contributed by atoms with van der Waals surface area (Å²) in [6, 6.07) is 18.1. The van der Waals surface area contributed by atoms with Crippen LogP contribution in [0.25, 0.3) is 27.7 Å². The number of ether oxygens (including phenoxy) is 2. The first kappa shape index (κ1) is 23.6. The van der Waals surface area contributed by atoms with E-state index in [-0.39, 0.29) is 11.5 Å². The van der Waals surface area contributed by atoms with Crippen molar-refractivity contribution < 1.29 is 23.5 Å². The lowest BCUT2D eigenvalue weighted by molar-refractivity contribution is -0.111. The number of primary amides is 1. The Labute approximate surface area is 203 Å². The average molecular weight is 471 g/mol. The van der Waals surface area contributed by atoms with Gasteiger partial charge in [0.1, 0.15) is 17.1 Å². The van der Waals surface area contributed by atoms with E-state index in [1.54, 1.807) is 37.6 Å². The molecule has 1 heterocycles. The van der Waals surface area contributed by atoms with Crippen molar-refractivity contribution in [3.63, 3.8) is 0 Å². The summed E-state index contributed by atoms with van der Waals surface area (Å²) in [4.78, 5) is 24.5. The second kappa shape index (κ2) is 10.2. The zero-order valence-electron chi connectivity index (χ0n) is 19.8. The predicted molar refractivity (Wildman–Crippen MR) is 137 cm³/mol. The Kier molecular flexibility index (Phi) is 6.87. The number of anilines is 1. The molecule has 7 nitrogen and oxygen atoms in total. The lowest BCUT2D eigenvalue weighted by atomic mass is 9.99. The summed E-state index contributed by atoms with van der Waals surface area (Å²) in [7, 11) is 1.63. The van der Waals surface area contributed by atoms with E-state index in [0.717, 1.165) is 27.8 Å². The summed E-state index contributed by atoms with van der Waals surface area (Å²) in [6.45, 7) is 4.18. The summed E-state index contributed by atoms with van der Waals surface area (Å²) in [5, 5.41) is 3.63. The largest absolute Gasteiger partial charge is 0.497 e. The fraction of sp³-hybridized carbons (Fsp3) is 0.143. The molecule has 0 radical (unpaired) electrons. The van der Waals surface area contributed by atoms with E-state index in [1.165, 1.54) is 6.08 Å². The van der Waals surface area contributed by atoms with Crippen molar-refractivity contribution in [3.05, 3.63) is 84.1 Å². The number of hydrogen-bond acceptors (Lipinski definition) is 5. The maximum absolute atomic E-state index is 12.8. The van der Waals surface area contributed by atoms with Crippen LogP contribution >= 0.6 is 0 Å². The van der Waals surface area contributed by atoms with Gasteiger partial charge in [-0.3, -0.25) is 9.59 Å². The summed E-state index contributed by atoms with van der Waals surface area (Å²) in [6.07, 6.45) is 3.17. The molecule has 0 spiro atoms. The van der Waals surface area contributed by atoms with Gasteiger partial charge in [-0.2, -0.15) is 0 Å². The molecule has 1 aromatic heterocycles. The van der Waals surface area contributed by atoms with E-state index >= 15 is 0 Å². The Hall–Kier alpha value is -4.52. The topological polar surface area (TPSA) is 104 Å². The lowest BCUT2D eigenvalue weighted by Crippen LogP contribution is -2.17. The van der Waals surface area contributed by atoms with Gasteiger partial charge < -0.3 is 24.9 Å². The van der Waals surface area contributed by atoms with Crippen LogP contribution in [0.4, 0.5) is 5.69 Å². The summed E-state index contributed by atoms with van der Waals surface area (Å²) in [5.41, 5.74) is 10.0. The van der Waals surface area contributed by atoms with Crippen molar-refractivity contribution in [2.24, 2.45) is 5.73 Å². The van der Waals surface area contributed by atoms with E-state index < -0.39 is 5.91 Å². The minimum absolute atomic E-state index is 0.242. The third kappa shape index (κ3) is 5.04. The molecule has 178 valence electrons. The van der Waals surface area contributed by atoms with Crippen LogP contribution in [0.5, 0.6) is 11.5 Å². The van der Waals surface area contributed by atoms with Gasteiger partial charge in [-0.15, -0.1) is 0 Å². The molecule has 4 aromatic rings. The van der Waals surface area contributed by atoms with E-state index in [9.17, 15) is 9.59 Å². The van der Waals surface area contributed by atoms with Crippen molar-refractivity contribution in [2.45, 2.75) is 13.8 Å². The first-order valence-corrected chi connectivity index (χ1v) is 11.1. The standard InChI is InChI=1S/C28H26N2O5/c1-4-34-25-15-26-22(23(16-35-26)18-9-11-19(33-3)12-10-18)14-21(25)17(2)13-27(31)30-24-8-6-5-7-20(24)28(29)32/h5-16H,4H2,1-3H3,(H2,29,32)(H,30,31)/b17-13+. The average Bonchev–Trinajstić information content (AvgIpc) is 3.26. The molecule has 0 saturated heterocycles. The number of carbonyl (C=O) groups excluding carboxylic acids is 2. The predicted octanol–water partition coefficient (Wildman–Crippen LogP) is 5.65. The minimum atomic E-state index is -0.614. The number of hydrogen-bond donors (Lipinski definition) is 2. The second-order valence-electron chi connectivity index (χ2n) is 7.88. The van der Waals surface area contributed by atoms with Gasteiger partial charge in [0.05, 0.1) is 31.2 Å². The normalized spacial score (nSPS) is 11.3. The Morgan fingerprint density at radius 1 is 1.06 bits per heavy atom. The number of amides is 2. The molecular weight excluding hydrogens is 444 g/mol. The summed E-state index contributed by atoms with van der Waals surface area (Å²) < 4.78 is 16.9. The van der Waals surface area contributed by atoms with Crippen LogP contribution in [0.1, 0.15) is 29.8 Å². The highest BCUT2D eigenvalue weighted by atomic mass is 16.5. The number of fused-ring (bicyclic) bond motifs is 1. The zero-order valence-corrected chi connectivity index (χ0v) is 19.8. The van der Waals surface area contributed by atoms with Crippen LogP contribution in [0, 0.1) is 0 Å². The Morgan fingerprint density at radius 3 is 2.49 bits per heavy atom. The quantitative estimate of drug-likeness (QED) is 0.324. The molecule has 3 N–H and O–H groups in total. The number of benzene rings is 3. The van der Waals surface area contributed by atoms with Crippen LogP contribution in [0.15, 0.2) is 77.4 Å². The fourth-order valence-corrected chi connectivity index (χ4v) is 3.88. The van der Waals surface area contributed by atoms with E-state index in [0.29, 0.717) is 29.2 Å². The van der Waals surface area contributed by atoms with Gasteiger partial charge in [-0.25, -0.2) is 0 Å². The second-order valence-corrected chi connectivity index (χ2v) is 7.88. The highest BCUT2D eigenvalue weighted by molar-refractivity contribution is 6.09. The monoisotopic (exact) mass is 470 g/mol. The van der Waals surface area contributed by atoms with Crippen LogP contribution in [0.3, 0.4) is 0 Å². The van der Waals surface area contributed by atoms with Crippen molar-refractivity contribution in [2.75, 3.05) is 19.0 Å². The smallest absolute Gasteiger partial charge is 0.250 e. The van der Waals surface area contributed by atoms with Crippen LogP contribution in [-0.2, 0) is 4.79 Å². The third-order valence-electron chi connectivity index (χ3n) is 5.60. The van der Waals surface area contributed by atoms with Crippen molar-refractivity contribution >= 4 is 34.0 Å². The number of nitrogens with one attached hydrogen (secondary N) is 1. The van der Waals surface area contributed by atoms with Gasteiger partial charge in [0.25, 0.3) is 5.91 Å². The third-order valence-corrected chi connectivity index (χ3v) is 5.60. The van der Waals surface area contributed by atoms with Crippen LogP contribution in [-0.4, -0.2) is 25.5 Å². The van der Waals surface area contributed by atoms with E-state index in [4.69, 9.17) is 19.6 Å². The molecule has 0 saturated carbocycles. The number of para-hydroxylation sites is 1. The highest BCUT2D eigenvalue weighted by Gasteiger charge is 2.16. The van der Waals surface area contributed by atoms with Crippen LogP contribution in [0.2, 0.25) is 0 Å². The first-order valence-electron chi connectivity index (χ1n) is 11.1. The number of furan rings is 1. The fourth-order valence-electron chi connectivity index (χ4n) is 3.88. The molecule has 35 heavy (non-hydrogen) atoms. The van der Waals surface area contributed by atoms with Crippen molar-refractivity contribution in [1.29, 1.82) is 0 Å². The van der Waals surface area contributed by atoms with E-state index in [1.807, 2.05) is 50.2 Å². The molecule has 0 aliphatic carbocycles. The van der Waals surface area contributed by atoms with Crippen molar-refractivity contribution in [1.82, 2.24) is 0 Å². The maximum atomic E-state index is 12.8. The zero-order chi connectivity index (χ0) is 24.9. The van der Waals surface area contributed by atoms with Gasteiger partial charge in [0.15, 0.2) is 0 Å². The Balaban J connectivity index is 1.72. The first-order chi connectivity index (χ1) is 16.9. The molecule has 0 atom stereocenters. The Bertz CT molecular complexity index is 1420. The molecule has 0 unspecified atom stereocenters. The maximum Gasteiger partial charge on any atom is 0.250 e. The van der Waals surface area contributed by atoms with E-state index in [2.05, 4.69) is 5.32 Å². The Morgan fingerprint density at radius 2 is 1.80 bits per heavy atom. The van der Waals surface area contributed by atoms with Gasteiger partial charge in [0, 0.05) is 28.7 Å². The number of rotatable bonds is 8. The van der Waals surface area contributed by atoms with Gasteiger partial charge in [-0.05, 0) is 55.3 Å². The highest BCUT2D eigenvalue weighted by Crippen LogP contribution is 2.38. The molecule has 0 bridgehead atoms. The van der Waals surface area contributed by atoms with Gasteiger partial charge in [0.2, 0.25) is 5.91 Å². The van der Waals surface area contributed by atoms with Gasteiger partial charge in [-0.1, -0.05) is 24.3 Å². The summed E-state index contributed by atoms with van der Waals surface area (Å²) >= 11 is 0. The number of methoxy groups -OCH3 is 1. The minimum Gasteiger partial charge on any atom is -0.497 e. The molecule has 0 fully saturated rings. The number of allylic oxidation sites excluding steroid dienone is 1. The molecular formula is C28H26N2O5. The molecule has 4 rings (SSSR count). The van der Waals surface area contributed by atoms with Crippen LogP contribution < -0.4 is 20.5 Å². The molecule has 2 amide bonds. The molecule has 7 heteroatoms.